The molecule has 0 radical (unpaired) electrons. The molecule has 0 atom stereocenters. The van der Waals surface area contributed by atoms with E-state index in [0.29, 0.717) is 13.1 Å². The molecule has 0 saturated carbocycles. The van der Waals surface area contributed by atoms with Crippen molar-refractivity contribution in [3.05, 3.63) is 54.1 Å². The standard InChI is InChI=1S/C20H24F2N4O2/c1-28-16-7-5-15(6-8-16)26-13-11-25(12-14-26)10-9-23-20(27)24-19-17(21)3-2-4-18(19)22/h2-8H,9-14H2,1H3,(H2,23,24,27). The van der Waals surface area contributed by atoms with Gasteiger partial charge in [0, 0.05) is 45.0 Å². The van der Waals surface area contributed by atoms with E-state index in [1.54, 1.807) is 7.11 Å². The van der Waals surface area contributed by atoms with Gasteiger partial charge in [0.2, 0.25) is 0 Å². The average Bonchev–Trinajstić information content (AvgIpc) is 2.71. The number of nitrogens with one attached hydrogen (secondary N) is 2. The summed E-state index contributed by atoms with van der Waals surface area (Å²) < 4.78 is 32.3. The van der Waals surface area contributed by atoms with E-state index in [2.05, 4.69) is 20.4 Å². The number of rotatable bonds is 6. The number of hydrogen-bond donors (Lipinski definition) is 2. The maximum absolute atomic E-state index is 13.5. The molecule has 2 N–H and O–H groups in total. The van der Waals surface area contributed by atoms with E-state index in [1.165, 1.54) is 6.07 Å². The average molecular weight is 390 g/mol. The molecule has 1 aliphatic heterocycles. The highest BCUT2D eigenvalue weighted by Gasteiger charge is 2.17. The van der Waals surface area contributed by atoms with E-state index in [1.807, 2.05) is 24.3 Å². The highest BCUT2D eigenvalue weighted by molar-refractivity contribution is 5.89. The molecule has 0 spiro atoms. The van der Waals surface area contributed by atoms with E-state index in [-0.39, 0.29) is 0 Å². The smallest absolute Gasteiger partial charge is 0.319 e. The zero-order valence-electron chi connectivity index (χ0n) is 15.8. The van der Waals surface area contributed by atoms with Gasteiger partial charge in [0.15, 0.2) is 0 Å². The lowest BCUT2D eigenvalue weighted by Crippen LogP contribution is -2.48. The van der Waals surface area contributed by atoms with Gasteiger partial charge in [-0.1, -0.05) is 6.07 Å². The predicted molar refractivity (Wildman–Crippen MR) is 105 cm³/mol. The molecule has 1 heterocycles. The lowest BCUT2D eigenvalue weighted by Gasteiger charge is -2.36. The van der Waals surface area contributed by atoms with Crippen LogP contribution in [0.5, 0.6) is 5.75 Å². The van der Waals surface area contributed by atoms with Crippen LogP contribution in [0.4, 0.5) is 25.0 Å². The Labute approximate surface area is 163 Å². The lowest BCUT2D eigenvalue weighted by atomic mass is 10.2. The summed E-state index contributed by atoms with van der Waals surface area (Å²) in [4.78, 5) is 16.4. The maximum atomic E-state index is 13.5. The van der Waals surface area contributed by atoms with Crippen molar-refractivity contribution >= 4 is 17.4 Å². The van der Waals surface area contributed by atoms with Crippen LogP contribution in [0.1, 0.15) is 0 Å². The van der Waals surface area contributed by atoms with Gasteiger partial charge in [0.05, 0.1) is 7.11 Å². The van der Waals surface area contributed by atoms with Crippen LogP contribution in [0.2, 0.25) is 0 Å². The van der Waals surface area contributed by atoms with Crippen LogP contribution in [0.25, 0.3) is 0 Å². The third-order valence-electron chi connectivity index (χ3n) is 4.72. The van der Waals surface area contributed by atoms with Crippen molar-refractivity contribution in [3.8, 4) is 5.75 Å². The number of piperazine rings is 1. The van der Waals surface area contributed by atoms with E-state index in [9.17, 15) is 13.6 Å². The molecule has 0 unspecified atom stereocenters. The van der Waals surface area contributed by atoms with Gasteiger partial charge in [0.25, 0.3) is 0 Å². The minimum Gasteiger partial charge on any atom is -0.497 e. The Morgan fingerprint density at radius 1 is 1.04 bits per heavy atom. The maximum Gasteiger partial charge on any atom is 0.319 e. The van der Waals surface area contributed by atoms with Gasteiger partial charge in [-0.15, -0.1) is 0 Å². The molecular formula is C20H24F2N4O2. The summed E-state index contributed by atoms with van der Waals surface area (Å²) in [5, 5.41) is 4.85. The van der Waals surface area contributed by atoms with Crippen molar-refractivity contribution in [3.63, 3.8) is 0 Å². The Bertz CT molecular complexity index is 773. The third-order valence-corrected chi connectivity index (χ3v) is 4.72. The number of ether oxygens (including phenoxy) is 1. The second-order valence-corrected chi connectivity index (χ2v) is 6.50. The number of carbonyl (C=O) groups is 1. The van der Waals surface area contributed by atoms with E-state index in [0.717, 1.165) is 49.7 Å². The number of benzene rings is 2. The minimum atomic E-state index is -0.801. The van der Waals surface area contributed by atoms with Crippen LogP contribution >= 0.6 is 0 Å². The molecule has 2 aromatic carbocycles. The molecule has 8 heteroatoms. The van der Waals surface area contributed by atoms with Crippen LogP contribution in [0, 0.1) is 11.6 Å². The minimum absolute atomic E-state index is 0.393. The number of anilines is 2. The Morgan fingerprint density at radius 3 is 2.29 bits per heavy atom. The van der Waals surface area contributed by atoms with Gasteiger partial charge in [-0.25, -0.2) is 13.6 Å². The highest BCUT2D eigenvalue weighted by atomic mass is 19.1. The van der Waals surface area contributed by atoms with Crippen molar-refractivity contribution in [2.75, 3.05) is 56.6 Å². The van der Waals surface area contributed by atoms with Gasteiger partial charge >= 0.3 is 6.03 Å². The van der Waals surface area contributed by atoms with Crippen LogP contribution in [0.15, 0.2) is 42.5 Å². The van der Waals surface area contributed by atoms with Gasteiger partial charge in [0.1, 0.15) is 23.1 Å². The van der Waals surface area contributed by atoms with Crippen LogP contribution < -0.4 is 20.3 Å². The Hall–Kier alpha value is -2.87. The summed E-state index contributed by atoms with van der Waals surface area (Å²) >= 11 is 0. The number of para-hydroxylation sites is 1. The van der Waals surface area contributed by atoms with Crippen LogP contribution in [-0.4, -0.2) is 57.3 Å². The number of nitrogens with zero attached hydrogens (tertiary/aromatic N) is 2. The van der Waals surface area contributed by atoms with Crippen LogP contribution in [0.3, 0.4) is 0 Å². The third kappa shape index (κ3) is 5.10. The van der Waals surface area contributed by atoms with Crippen molar-refractivity contribution < 1.29 is 18.3 Å². The first-order valence-corrected chi connectivity index (χ1v) is 9.17. The molecule has 1 aliphatic rings. The number of hydrogen-bond acceptors (Lipinski definition) is 4. The molecule has 2 aromatic rings. The summed E-state index contributed by atoms with van der Waals surface area (Å²) in [5.41, 5.74) is 0.720. The molecule has 1 saturated heterocycles. The molecule has 0 aliphatic carbocycles. The van der Waals surface area contributed by atoms with Gasteiger partial charge in [-0.05, 0) is 36.4 Å². The van der Waals surface area contributed by atoms with Gasteiger partial charge in [-0.2, -0.15) is 0 Å². The first-order chi connectivity index (χ1) is 13.6. The molecule has 3 rings (SSSR count). The summed E-state index contributed by atoms with van der Waals surface area (Å²) in [5.74, 6) is -0.767. The first kappa shape index (κ1) is 19.9. The molecule has 28 heavy (non-hydrogen) atoms. The summed E-state index contributed by atoms with van der Waals surface area (Å²) in [6.45, 7) is 4.58. The van der Waals surface area contributed by atoms with E-state index in [4.69, 9.17) is 4.74 Å². The number of amides is 2. The first-order valence-electron chi connectivity index (χ1n) is 9.17. The van der Waals surface area contributed by atoms with E-state index < -0.39 is 23.4 Å². The van der Waals surface area contributed by atoms with Crippen LogP contribution in [-0.2, 0) is 0 Å². The molecule has 0 aromatic heterocycles. The van der Waals surface area contributed by atoms with E-state index >= 15 is 0 Å². The topological polar surface area (TPSA) is 56.8 Å². The number of halogens is 2. The fraction of sp³-hybridized carbons (Fsp3) is 0.350. The van der Waals surface area contributed by atoms with Crippen molar-refractivity contribution in [2.24, 2.45) is 0 Å². The molecular weight excluding hydrogens is 366 g/mol. The Balaban J connectivity index is 1.39. The SMILES string of the molecule is COc1ccc(N2CCN(CCNC(=O)Nc3c(F)cccc3F)CC2)cc1. The normalized spacial score (nSPS) is 14.6. The lowest BCUT2D eigenvalue weighted by molar-refractivity contribution is 0.240. The van der Waals surface area contributed by atoms with Crippen molar-refractivity contribution in [1.82, 2.24) is 10.2 Å². The summed E-state index contributed by atoms with van der Waals surface area (Å²) in [7, 11) is 1.65. The fourth-order valence-electron chi connectivity index (χ4n) is 3.13. The number of urea groups is 1. The summed E-state index contributed by atoms with van der Waals surface area (Å²) in [6, 6.07) is 10.8. The largest absolute Gasteiger partial charge is 0.497 e. The highest BCUT2D eigenvalue weighted by Crippen LogP contribution is 2.20. The predicted octanol–water partition coefficient (Wildman–Crippen LogP) is 2.92. The number of methoxy groups -OCH3 is 1. The molecule has 150 valence electrons. The zero-order chi connectivity index (χ0) is 19.9. The van der Waals surface area contributed by atoms with Crippen molar-refractivity contribution in [2.45, 2.75) is 0 Å². The Kier molecular flexibility index (Phi) is 6.65. The molecule has 2 amide bonds. The zero-order valence-corrected chi connectivity index (χ0v) is 15.8. The van der Waals surface area contributed by atoms with Gasteiger partial charge < -0.3 is 20.3 Å². The molecule has 0 bridgehead atoms. The monoisotopic (exact) mass is 390 g/mol. The molecule has 1 fully saturated rings. The Morgan fingerprint density at radius 2 is 1.68 bits per heavy atom. The second-order valence-electron chi connectivity index (χ2n) is 6.50. The summed E-state index contributed by atoms with van der Waals surface area (Å²) in [6.07, 6.45) is 0. The number of carbonyl (C=O) groups excluding carboxylic acids is 1. The van der Waals surface area contributed by atoms with Crippen molar-refractivity contribution in [1.29, 1.82) is 0 Å². The quantitative estimate of drug-likeness (QED) is 0.796. The second kappa shape index (κ2) is 9.36. The van der Waals surface area contributed by atoms with Gasteiger partial charge in [-0.3, -0.25) is 4.90 Å². The fourth-order valence-corrected chi connectivity index (χ4v) is 3.13. The molecule has 6 nitrogen and oxygen atoms in total.